The second kappa shape index (κ2) is 7.74. The third-order valence-electron chi connectivity index (χ3n) is 4.27. The first-order valence-corrected chi connectivity index (χ1v) is 8.40. The number of nitrogens with one attached hydrogen (secondary N) is 1. The number of rotatable bonds is 5. The van der Waals surface area contributed by atoms with Crippen molar-refractivity contribution < 1.29 is 22.9 Å². The summed E-state index contributed by atoms with van der Waals surface area (Å²) in [7, 11) is 0. The number of benzene rings is 2. The lowest BCUT2D eigenvalue weighted by Gasteiger charge is -2.10. The molecule has 0 atom stereocenters. The van der Waals surface area contributed by atoms with Crippen LogP contribution in [0.15, 0.2) is 54.7 Å². The predicted molar refractivity (Wildman–Crippen MR) is 97.6 cm³/mol. The van der Waals surface area contributed by atoms with E-state index in [9.17, 15) is 28.1 Å². The highest BCUT2D eigenvalue weighted by atomic mass is 19.4. The van der Waals surface area contributed by atoms with Crippen LogP contribution in [0.5, 0.6) is 0 Å². The molecule has 0 fully saturated rings. The summed E-state index contributed by atoms with van der Waals surface area (Å²) in [6.07, 6.45) is -3.12. The first kappa shape index (κ1) is 20.1. The summed E-state index contributed by atoms with van der Waals surface area (Å²) in [6.45, 7) is 1.57. The maximum Gasteiger partial charge on any atom is 0.416 e. The predicted octanol–water partition coefficient (Wildman–Crippen LogP) is 4.04. The van der Waals surface area contributed by atoms with Crippen molar-refractivity contribution in [3.63, 3.8) is 0 Å². The Kier molecular flexibility index (Phi) is 5.35. The molecule has 0 aliphatic heterocycles. The first-order chi connectivity index (χ1) is 13.7. The maximum atomic E-state index is 12.8. The van der Waals surface area contributed by atoms with Crippen molar-refractivity contribution in [3.8, 4) is 5.69 Å². The topological polar surface area (TPSA) is 90.1 Å². The molecule has 3 aromatic rings. The molecule has 29 heavy (non-hydrogen) atoms. The summed E-state index contributed by atoms with van der Waals surface area (Å²) in [5.74, 6) is -0.493. The molecule has 1 N–H and O–H groups in total. The average molecular weight is 404 g/mol. The Morgan fingerprint density at radius 1 is 1.21 bits per heavy atom. The first-order valence-electron chi connectivity index (χ1n) is 8.40. The van der Waals surface area contributed by atoms with Gasteiger partial charge in [-0.3, -0.25) is 14.9 Å². The van der Waals surface area contributed by atoms with E-state index in [0.717, 1.165) is 12.1 Å². The van der Waals surface area contributed by atoms with Gasteiger partial charge in [0.1, 0.15) is 0 Å². The highest BCUT2D eigenvalue weighted by Gasteiger charge is 2.30. The number of amides is 1. The molecular formula is C19H15F3N4O3. The van der Waals surface area contributed by atoms with Gasteiger partial charge >= 0.3 is 6.18 Å². The Balaban J connectivity index is 1.73. The van der Waals surface area contributed by atoms with Crippen molar-refractivity contribution in [2.75, 3.05) is 0 Å². The Labute approximate surface area is 162 Å². The number of nitro groups is 1. The third kappa shape index (κ3) is 4.42. The van der Waals surface area contributed by atoms with Crippen LogP contribution in [0.25, 0.3) is 5.69 Å². The zero-order valence-electron chi connectivity index (χ0n) is 15.1. The minimum absolute atomic E-state index is 0.0717. The average Bonchev–Trinajstić information content (AvgIpc) is 3.07. The van der Waals surface area contributed by atoms with Crippen LogP contribution in [-0.4, -0.2) is 20.6 Å². The summed E-state index contributed by atoms with van der Waals surface area (Å²) in [5.41, 5.74) is 0.721. The van der Waals surface area contributed by atoms with Gasteiger partial charge in [-0.05, 0) is 36.8 Å². The molecule has 3 rings (SSSR count). The zero-order chi connectivity index (χ0) is 21.2. The molecule has 1 amide bonds. The van der Waals surface area contributed by atoms with E-state index in [1.54, 1.807) is 6.92 Å². The van der Waals surface area contributed by atoms with Gasteiger partial charge in [0.2, 0.25) is 0 Å². The number of alkyl halides is 3. The second-order valence-corrected chi connectivity index (χ2v) is 6.21. The molecule has 0 spiro atoms. The molecule has 0 unspecified atom stereocenters. The van der Waals surface area contributed by atoms with E-state index in [2.05, 4.69) is 10.4 Å². The minimum Gasteiger partial charge on any atom is -0.348 e. The number of nitro benzene ring substituents is 1. The van der Waals surface area contributed by atoms with E-state index in [1.165, 1.54) is 47.3 Å². The summed E-state index contributed by atoms with van der Waals surface area (Å²) >= 11 is 0. The van der Waals surface area contributed by atoms with E-state index in [-0.39, 0.29) is 17.8 Å². The van der Waals surface area contributed by atoms with Crippen molar-refractivity contribution >= 4 is 11.6 Å². The van der Waals surface area contributed by atoms with E-state index in [4.69, 9.17) is 0 Å². The molecule has 0 radical (unpaired) electrons. The smallest absolute Gasteiger partial charge is 0.348 e. The Hall–Kier alpha value is -3.69. The lowest BCUT2D eigenvalue weighted by Crippen LogP contribution is -2.23. The summed E-state index contributed by atoms with van der Waals surface area (Å²) in [5, 5.41) is 17.4. The molecule has 0 aliphatic rings. The van der Waals surface area contributed by atoms with Crippen LogP contribution < -0.4 is 5.32 Å². The maximum absolute atomic E-state index is 12.8. The number of carbonyl (C=O) groups is 1. The molecule has 0 bridgehead atoms. The number of nitrogens with zero attached hydrogens (tertiary/aromatic N) is 3. The number of hydrogen-bond acceptors (Lipinski definition) is 4. The summed E-state index contributed by atoms with van der Waals surface area (Å²) in [6, 6.07) is 10.4. The second-order valence-electron chi connectivity index (χ2n) is 6.21. The molecule has 2 aromatic carbocycles. The lowest BCUT2D eigenvalue weighted by atomic mass is 10.1. The molecule has 1 aromatic heterocycles. The minimum atomic E-state index is -4.46. The fraction of sp³-hybridized carbons (Fsp3) is 0.158. The van der Waals surface area contributed by atoms with Crippen molar-refractivity contribution in [1.82, 2.24) is 15.1 Å². The van der Waals surface area contributed by atoms with Crippen LogP contribution in [-0.2, 0) is 12.7 Å². The standard InChI is InChI=1S/C19H15F3N4O3/c1-12-17(11-24-25(12)15-5-7-16(8-6-15)26(28)29)18(27)23-10-13-3-2-4-14(9-13)19(20,21)22/h2-9,11H,10H2,1H3,(H,23,27). The largest absolute Gasteiger partial charge is 0.416 e. The SMILES string of the molecule is Cc1c(C(=O)NCc2cccc(C(F)(F)F)c2)cnn1-c1ccc([N+](=O)[O-])cc1. The number of aromatic nitrogens is 2. The van der Waals surface area contributed by atoms with Crippen molar-refractivity contribution in [2.24, 2.45) is 0 Å². The van der Waals surface area contributed by atoms with Crippen molar-refractivity contribution in [3.05, 3.63) is 87.2 Å². The van der Waals surface area contributed by atoms with Crippen LogP contribution in [0.1, 0.15) is 27.2 Å². The highest BCUT2D eigenvalue weighted by molar-refractivity contribution is 5.95. The van der Waals surface area contributed by atoms with Crippen LogP contribution in [0.2, 0.25) is 0 Å². The monoisotopic (exact) mass is 404 g/mol. The molecule has 0 aliphatic carbocycles. The van der Waals surface area contributed by atoms with Gasteiger partial charge < -0.3 is 5.32 Å². The molecule has 10 heteroatoms. The fourth-order valence-electron chi connectivity index (χ4n) is 2.74. The van der Waals surface area contributed by atoms with Gasteiger partial charge in [-0.1, -0.05) is 12.1 Å². The lowest BCUT2D eigenvalue weighted by molar-refractivity contribution is -0.384. The van der Waals surface area contributed by atoms with Gasteiger partial charge in [0.05, 0.1) is 33.6 Å². The quantitative estimate of drug-likeness (QED) is 0.513. The number of carbonyl (C=O) groups excluding carboxylic acids is 1. The highest BCUT2D eigenvalue weighted by Crippen LogP contribution is 2.29. The van der Waals surface area contributed by atoms with Crippen LogP contribution in [0.4, 0.5) is 18.9 Å². The van der Waals surface area contributed by atoms with Crippen molar-refractivity contribution in [1.29, 1.82) is 0 Å². The number of hydrogen-bond donors (Lipinski definition) is 1. The molecule has 7 nitrogen and oxygen atoms in total. The molecular weight excluding hydrogens is 389 g/mol. The number of halogens is 3. The fourth-order valence-corrected chi connectivity index (χ4v) is 2.74. The normalized spacial score (nSPS) is 11.3. The number of non-ortho nitro benzene ring substituents is 1. The Morgan fingerprint density at radius 3 is 2.52 bits per heavy atom. The van der Waals surface area contributed by atoms with Crippen LogP contribution in [0.3, 0.4) is 0 Å². The van der Waals surface area contributed by atoms with Gasteiger partial charge in [0.15, 0.2) is 0 Å². The molecule has 0 saturated heterocycles. The van der Waals surface area contributed by atoms with Gasteiger partial charge in [-0.25, -0.2) is 4.68 Å². The third-order valence-corrected chi connectivity index (χ3v) is 4.27. The van der Waals surface area contributed by atoms with Gasteiger partial charge in [0, 0.05) is 18.7 Å². The zero-order valence-corrected chi connectivity index (χ0v) is 15.1. The van der Waals surface area contributed by atoms with E-state index in [1.807, 2.05) is 0 Å². The van der Waals surface area contributed by atoms with Gasteiger partial charge in [0.25, 0.3) is 11.6 Å². The van der Waals surface area contributed by atoms with E-state index >= 15 is 0 Å². The van der Waals surface area contributed by atoms with Gasteiger partial charge in [-0.2, -0.15) is 18.3 Å². The van der Waals surface area contributed by atoms with Crippen molar-refractivity contribution in [2.45, 2.75) is 19.6 Å². The van der Waals surface area contributed by atoms with E-state index in [0.29, 0.717) is 16.9 Å². The van der Waals surface area contributed by atoms with E-state index < -0.39 is 22.6 Å². The molecule has 1 heterocycles. The molecule has 150 valence electrons. The van der Waals surface area contributed by atoms with Crippen LogP contribution in [0, 0.1) is 17.0 Å². The van der Waals surface area contributed by atoms with Gasteiger partial charge in [-0.15, -0.1) is 0 Å². The Bertz CT molecular complexity index is 1060. The molecule has 0 saturated carbocycles. The summed E-state index contributed by atoms with van der Waals surface area (Å²) < 4.78 is 39.8. The van der Waals surface area contributed by atoms with Crippen LogP contribution >= 0.6 is 0 Å². The Morgan fingerprint density at radius 2 is 1.90 bits per heavy atom. The summed E-state index contributed by atoms with van der Waals surface area (Å²) in [4.78, 5) is 22.7.